The summed E-state index contributed by atoms with van der Waals surface area (Å²) in [7, 11) is 1.29. The molecular weight excluding hydrogens is 358 g/mol. The summed E-state index contributed by atoms with van der Waals surface area (Å²) in [5.74, 6) is -2.02. The molecule has 8 nitrogen and oxygen atoms in total. The Bertz CT molecular complexity index is 771. The summed E-state index contributed by atoms with van der Waals surface area (Å²) in [6.07, 6.45) is 0. The number of benzene rings is 1. The van der Waals surface area contributed by atoms with E-state index in [4.69, 9.17) is 10.5 Å². The van der Waals surface area contributed by atoms with Crippen LogP contribution in [0.2, 0.25) is 0 Å². The molecule has 0 radical (unpaired) electrons. The van der Waals surface area contributed by atoms with Crippen LogP contribution in [0.15, 0.2) is 42.5 Å². The summed E-state index contributed by atoms with van der Waals surface area (Å²) >= 11 is 1.29. The van der Waals surface area contributed by atoms with Gasteiger partial charge in [0.25, 0.3) is 11.6 Å². The molecule has 4 N–H and O–H groups in total. The molecule has 1 aromatic carbocycles. The molecule has 2 aliphatic rings. The van der Waals surface area contributed by atoms with Crippen LogP contribution in [-0.4, -0.2) is 57.8 Å². The van der Waals surface area contributed by atoms with Gasteiger partial charge in [-0.25, -0.2) is 4.79 Å². The molecule has 2 aliphatic heterocycles. The molecule has 0 spiro atoms. The second-order valence-electron chi connectivity index (χ2n) is 6.09. The quantitative estimate of drug-likeness (QED) is 0.377. The Morgan fingerprint density at radius 2 is 2.12 bits per heavy atom. The molecule has 0 aliphatic carbocycles. The number of carboxylic acid groups (broad SMARTS) is 1. The second-order valence-corrected chi connectivity index (χ2v) is 7.16. The van der Waals surface area contributed by atoms with Crippen molar-refractivity contribution in [1.82, 2.24) is 10.2 Å². The summed E-state index contributed by atoms with van der Waals surface area (Å²) in [4.78, 5) is 38.0. The average Bonchev–Trinajstić information content (AvgIpc) is 2.65. The predicted molar refractivity (Wildman–Crippen MR) is 94.9 cm³/mol. The minimum atomic E-state index is -1.64. The Balaban J connectivity index is 1.82. The van der Waals surface area contributed by atoms with Crippen molar-refractivity contribution < 1.29 is 24.2 Å². The van der Waals surface area contributed by atoms with Crippen LogP contribution in [0.3, 0.4) is 0 Å². The maximum Gasteiger partial charge on any atom is 0.330 e. The van der Waals surface area contributed by atoms with Crippen LogP contribution >= 0.6 is 11.8 Å². The maximum atomic E-state index is 12.7. The third kappa shape index (κ3) is 2.68. The number of β-lactam (4-membered cyclic amide) rings is 1. The zero-order valence-electron chi connectivity index (χ0n) is 14.0. The molecule has 26 heavy (non-hydrogen) atoms. The van der Waals surface area contributed by atoms with Crippen molar-refractivity contribution in [3.05, 3.63) is 48.0 Å². The highest BCUT2D eigenvalue weighted by Gasteiger charge is 2.67. The number of thioether (sulfide) groups is 1. The fourth-order valence-corrected chi connectivity index (χ4v) is 4.56. The van der Waals surface area contributed by atoms with Crippen LogP contribution in [0.1, 0.15) is 11.6 Å². The first-order valence-electron chi connectivity index (χ1n) is 7.86. The van der Waals surface area contributed by atoms with Gasteiger partial charge in [-0.15, -0.1) is 11.8 Å². The molecule has 2 amide bonds. The highest BCUT2D eigenvalue weighted by molar-refractivity contribution is 8.00. The van der Waals surface area contributed by atoms with E-state index in [-0.39, 0.29) is 0 Å². The number of hydrogen-bond donors (Lipinski definition) is 3. The van der Waals surface area contributed by atoms with E-state index in [1.807, 2.05) is 0 Å². The van der Waals surface area contributed by atoms with Gasteiger partial charge in [-0.2, -0.15) is 0 Å². The fraction of sp³-hybridized carbons (Fsp3) is 0.353. The molecule has 1 aromatic rings. The van der Waals surface area contributed by atoms with Gasteiger partial charge in [-0.1, -0.05) is 36.9 Å². The third-order valence-corrected chi connectivity index (χ3v) is 5.96. The van der Waals surface area contributed by atoms with Crippen LogP contribution in [0.5, 0.6) is 0 Å². The Morgan fingerprint density at radius 1 is 1.46 bits per heavy atom. The van der Waals surface area contributed by atoms with Gasteiger partial charge in [0, 0.05) is 12.9 Å². The topological polar surface area (TPSA) is 122 Å². The monoisotopic (exact) mass is 377 g/mol. The Kier molecular flexibility index (Phi) is 4.78. The maximum absolute atomic E-state index is 12.7. The first-order chi connectivity index (χ1) is 12.3. The average molecular weight is 377 g/mol. The van der Waals surface area contributed by atoms with Gasteiger partial charge in [0.05, 0.1) is 0 Å². The van der Waals surface area contributed by atoms with Gasteiger partial charge < -0.3 is 25.8 Å². The summed E-state index contributed by atoms with van der Waals surface area (Å²) in [5.41, 5.74) is 5.36. The predicted octanol–water partition coefficient (Wildman–Crippen LogP) is 0.0698. The molecule has 0 saturated carbocycles. The van der Waals surface area contributed by atoms with E-state index in [9.17, 15) is 19.5 Å². The molecule has 138 valence electrons. The molecule has 2 heterocycles. The number of rotatable bonds is 5. The van der Waals surface area contributed by atoms with E-state index in [0.29, 0.717) is 16.9 Å². The number of nitrogens with one attached hydrogen (secondary N) is 1. The Labute approximate surface area is 154 Å². The van der Waals surface area contributed by atoms with Crippen molar-refractivity contribution in [2.45, 2.75) is 23.2 Å². The van der Waals surface area contributed by atoms with Gasteiger partial charge in [0.15, 0.2) is 6.04 Å². The summed E-state index contributed by atoms with van der Waals surface area (Å²) in [5, 5.41) is 11.3. The van der Waals surface area contributed by atoms with E-state index in [1.165, 1.54) is 23.8 Å². The minimum Gasteiger partial charge on any atom is -0.479 e. The number of methoxy groups -OCH3 is 1. The van der Waals surface area contributed by atoms with Crippen molar-refractivity contribution in [1.29, 1.82) is 0 Å². The van der Waals surface area contributed by atoms with Crippen molar-refractivity contribution in [2.75, 3.05) is 12.9 Å². The minimum absolute atomic E-state index is 0.344. The summed E-state index contributed by atoms with van der Waals surface area (Å²) in [6.45, 7) is 3.73. The highest BCUT2D eigenvalue weighted by Crippen LogP contribution is 2.46. The molecule has 9 heteroatoms. The lowest BCUT2D eigenvalue weighted by Gasteiger charge is -2.58. The molecular formula is C17H19N3O5S. The number of ether oxygens (including phenoxy) is 1. The van der Waals surface area contributed by atoms with Crippen molar-refractivity contribution in [2.24, 2.45) is 5.73 Å². The molecule has 2 fully saturated rings. The van der Waals surface area contributed by atoms with E-state index in [0.717, 1.165) is 0 Å². The van der Waals surface area contributed by atoms with E-state index >= 15 is 0 Å². The Morgan fingerprint density at radius 3 is 2.69 bits per heavy atom. The number of aliphatic carboxylic acids is 1. The number of fused-ring (bicyclic) bond motifs is 1. The Hall–Kier alpha value is -2.36. The normalized spacial score (nSPS) is 28.8. The van der Waals surface area contributed by atoms with E-state index < -0.39 is 41.0 Å². The van der Waals surface area contributed by atoms with Gasteiger partial charge >= 0.3 is 5.97 Å². The standard InChI is InChI=1S/C17H19N3O5S/c1-9-8-26-16-17(25-2,15(24)20(16)12(9)14(22)23)19-13(21)11(18)10-6-4-3-5-7-10/h3-7,11-12,16H,1,8,18H2,2H3,(H,19,21)(H,22,23)/t11?,12?,16-,17?/m1/s1. The van der Waals surface area contributed by atoms with Crippen molar-refractivity contribution in [3.8, 4) is 0 Å². The first kappa shape index (κ1) is 18.4. The van der Waals surface area contributed by atoms with Gasteiger partial charge in [0.1, 0.15) is 11.4 Å². The number of carbonyl (C=O) groups is 3. The number of nitrogens with two attached hydrogens (primary N) is 1. The number of amides is 2. The number of carbonyl (C=O) groups excluding carboxylic acids is 2. The summed E-state index contributed by atoms with van der Waals surface area (Å²) in [6, 6.07) is 6.61. The van der Waals surface area contributed by atoms with E-state index in [2.05, 4.69) is 11.9 Å². The second kappa shape index (κ2) is 6.75. The fourth-order valence-electron chi connectivity index (χ4n) is 3.17. The zero-order chi connectivity index (χ0) is 19.1. The van der Waals surface area contributed by atoms with Gasteiger partial charge in [-0.05, 0) is 11.1 Å². The summed E-state index contributed by atoms with van der Waals surface area (Å²) < 4.78 is 5.35. The van der Waals surface area contributed by atoms with Crippen LogP contribution in [0.4, 0.5) is 0 Å². The number of nitrogens with zero attached hydrogens (tertiary/aromatic N) is 1. The van der Waals surface area contributed by atoms with Gasteiger partial charge in [-0.3, -0.25) is 9.59 Å². The molecule has 4 atom stereocenters. The lowest BCUT2D eigenvalue weighted by Crippen LogP contribution is -2.83. The SMILES string of the molecule is C=C1CS[C@H]2N(C(=O)C2(NC(=O)C(N)c2ccccc2)OC)C1C(=O)O. The van der Waals surface area contributed by atoms with Crippen LogP contribution in [0, 0.1) is 0 Å². The first-order valence-corrected chi connectivity index (χ1v) is 8.91. The van der Waals surface area contributed by atoms with Crippen LogP contribution in [0.25, 0.3) is 0 Å². The number of hydrogen-bond acceptors (Lipinski definition) is 6. The molecule has 0 bridgehead atoms. The largest absolute Gasteiger partial charge is 0.479 e. The van der Waals surface area contributed by atoms with Crippen LogP contribution in [-0.2, 0) is 19.1 Å². The smallest absolute Gasteiger partial charge is 0.330 e. The van der Waals surface area contributed by atoms with Crippen LogP contribution < -0.4 is 11.1 Å². The van der Waals surface area contributed by atoms with Crippen molar-refractivity contribution in [3.63, 3.8) is 0 Å². The molecule has 0 aromatic heterocycles. The van der Waals surface area contributed by atoms with E-state index in [1.54, 1.807) is 30.3 Å². The highest BCUT2D eigenvalue weighted by atomic mass is 32.2. The lowest BCUT2D eigenvalue weighted by molar-refractivity contribution is -0.202. The molecule has 3 rings (SSSR count). The molecule has 2 saturated heterocycles. The van der Waals surface area contributed by atoms with Crippen molar-refractivity contribution >= 4 is 29.5 Å². The lowest BCUT2D eigenvalue weighted by atomic mass is 9.94. The third-order valence-electron chi connectivity index (χ3n) is 4.55. The molecule has 3 unspecified atom stereocenters. The van der Waals surface area contributed by atoms with Gasteiger partial charge in [0.2, 0.25) is 5.91 Å². The number of carboxylic acids is 1. The zero-order valence-corrected chi connectivity index (χ0v) is 14.9.